The predicted octanol–water partition coefficient (Wildman–Crippen LogP) is 1.06. The highest BCUT2D eigenvalue weighted by molar-refractivity contribution is 5.96. The summed E-state index contributed by atoms with van der Waals surface area (Å²) in [6.07, 6.45) is 6.01. The van der Waals surface area contributed by atoms with Gasteiger partial charge in [0.1, 0.15) is 11.9 Å². The van der Waals surface area contributed by atoms with Gasteiger partial charge in [0.15, 0.2) is 17.3 Å². The van der Waals surface area contributed by atoms with Crippen molar-refractivity contribution < 1.29 is 18.7 Å². The molecular formula is C20H17FN6O3. The molecule has 2 atom stereocenters. The van der Waals surface area contributed by atoms with Crippen molar-refractivity contribution in [3.05, 3.63) is 77.2 Å². The third-order valence-electron chi connectivity index (χ3n) is 4.74. The molecule has 1 aliphatic carbocycles. The molecule has 1 aromatic heterocycles. The lowest BCUT2D eigenvalue weighted by Gasteiger charge is -2.21. The fourth-order valence-electron chi connectivity index (χ4n) is 3.31. The number of halogens is 1. The van der Waals surface area contributed by atoms with Crippen LogP contribution in [0.15, 0.2) is 54.3 Å². The van der Waals surface area contributed by atoms with Crippen molar-refractivity contribution in [3.63, 3.8) is 0 Å². The van der Waals surface area contributed by atoms with Gasteiger partial charge in [0, 0.05) is 12.1 Å². The molecule has 30 heavy (non-hydrogen) atoms. The number of carbonyl (C=O) groups excluding carboxylic acids is 2. The second-order valence-electron chi connectivity index (χ2n) is 6.71. The second kappa shape index (κ2) is 7.74. The lowest BCUT2D eigenvalue weighted by molar-refractivity contribution is -0.115. The van der Waals surface area contributed by atoms with E-state index < -0.39 is 17.9 Å². The normalized spacial score (nSPS) is 19.4. The van der Waals surface area contributed by atoms with Crippen molar-refractivity contribution >= 4 is 23.2 Å². The molecule has 5 N–H and O–H groups in total. The van der Waals surface area contributed by atoms with E-state index in [1.165, 1.54) is 18.4 Å². The number of aromatic nitrogens is 3. The minimum Gasteiger partial charge on any atom is -0.492 e. The topological polar surface area (TPSA) is 146 Å². The molecule has 4 rings (SSSR count). The molecule has 0 spiro atoms. The summed E-state index contributed by atoms with van der Waals surface area (Å²) < 4.78 is 19.0. The number of amides is 2. The standard InChI is InChI=1S/C20H17FN6O3/c21-11-4-1-3-10(7-11)8-24-20-15(18(23)29)26-27-19(25-20)14-9-30-16-12(14)5-2-6-13(16)17(22)28/h1-7,9,12,16H,8H2,(H2,22,28)(H2,23,29)(H,24,25,27). The number of rotatable bonds is 6. The van der Waals surface area contributed by atoms with Crippen molar-refractivity contribution in [1.29, 1.82) is 0 Å². The first-order valence-electron chi connectivity index (χ1n) is 9.01. The Morgan fingerprint density at radius 3 is 2.77 bits per heavy atom. The highest BCUT2D eigenvalue weighted by atomic mass is 19.1. The number of hydrogen-bond donors (Lipinski definition) is 3. The number of hydrogen-bond acceptors (Lipinski definition) is 7. The summed E-state index contributed by atoms with van der Waals surface area (Å²) in [4.78, 5) is 27.8. The van der Waals surface area contributed by atoms with Crippen LogP contribution in [-0.2, 0) is 16.1 Å². The highest BCUT2D eigenvalue weighted by Gasteiger charge is 2.38. The van der Waals surface area contributed by atoms with Gasteiger partial charge < -0.3 is 21.5 Å². The molecule has 2 aliphatic rings. The summed E-state index contributed by atoms with van der Waals surface area (Å²) in [5.74, 6) is -1.81. The van der Waals surface area contributed by atoms with Crippen molar-refractivity contribution in [1.82, 2.24) is 15.2 Å². The zero-order valence-corrected chi connectivity index (χ0v) is 15.6. The maximum Gasteiger partial charge on any atom is 0.273 e. The van der Waals surface area contributed by atoms with Crippen LogP contribution in [0.25, 0.3) is 5.57 Å². The number of benzene rings is 1. The Labute approximate surface area is 170 Å². The third kappa shape index (κ3) is 3.62. The van der Waals surface area contributed by atoms with Crippen molar-refractivity contribution in [2.24, 2.45) is 17.4 Å². The summed E-state index contributed by atoms with van der Waals surface area (Å²) >= 11 is 0. The first kappa shape index (κ1) is 19.2. The highest BCUT2D eigenvalue weighted by Crippen LogP contribution is 2.38. The maximum atomic E-state index is 13.4. The fraction of sp³-hybridized carbons (Fsp3) is 0.150. The molecule has 0 bridgehead atoms. The summed E-state index contributed by atoms with van der Waals surface area (Å²) in [5, 5.41) is 10.8. The van der Waals surface area contributed by atoms with Gasteiger partial charge in [0.25, 0.3) is 5.91 Å². The summed E-state index contributed by atoms with van der Waals surface area (Å²) in [6.45, 7) is 0.187. The number of primary amides is 2. The van der Waals surface area contributed by atoms with Crippen molar-refractivity contribution in [3.8, 4) is 0 Å². The van der Waals surface area contributed by atoms with Crippen LogP contribution in [0.3, 0.4) is 0 Å². The van der Waals surface area contributed by atoms with Crippen LogP contribution in [0.4, 0.5) is 10.2 Å². The first-order chi connectivity index (χ1) is 14.4. The van der Waals surface area contributed by atoms with Gasteiger partial charge in [-0.2, -0.15) is 0 Å². The van der Waals surface area contributed by atoms with Gasteiger partial charge in [-0.1, -0.05) is 30.4 Å². The zero-order chi connectivity index (χ0) is 21.3. The molecule has 9 nitrogen and oxygen atoms in total. The Bertz CT molecular complexity index is 1130. The Hall–Kier alpha value is -4.08. The Morgan fingerprint density at radius 2 is 2.03 bits per heavy atom. The van der Waals surface area contributed by atoms with E-state index in [1.807, 2.05) is 6.08 Å². The van der Waals surface area contributed by atoms with E-state index in [0.29, 0.717) is 16.7 Å². The minimum absolute atomic E-state index is 0.103. The molecule has 0 saturated carbocycles. The second-order valence-corrected chi connectivity index (χ2v) is 6.71. The molecule has 1 aromatic carbocycles. The maximum absolute atomic E-state index is 13.4. The molecule has 2 heterocycles. The number of ether oxygens (including phenoxy) is 1. The largest absolute Gasteiger partial charge is 0.492 e. The Balaban J connectivity index is 1.62. The SMILES string of the molecule is NC(=O)C1=CC=CC2C(c3nnc(C(N)=O)c(NCc4cccc(F)c4)n3)=COC12. The fourth-order valence-corrected chi connectivity index (χ4v) is 3.31. The Morgan fingerprint density at radius 1 is 1.20 bits per heavy atom. The molecule has 1 aliphatic heterocycles. The van der Waals surface area contributed by atoms with Gasteiger partial charge >= 0.3 is 0 Å². The monoisotopic (exact) mass is 408 g/mol. The molecule has 0 fully saturated rings. The van der Waals surface area contributed by atoms with E-state index in [9.17, 15) is 14.0 Å². The number of carbonyl (C=O) groups is 2. The van der Waals surface area contributed by atoms with Crippen molar-refractivity contribution in [2.75, 3.05) is 5.32 Å². The smallest absolute Gasteiger partial charge is 0.273 e. The molecule has 2 aromatic rings. The summed E-state index contributed by atoms with van der Waals surface area (Å²) in [6, 6.07) is 5.98. The van der Waals surface area contributed by atoms with E-state index in [0.717, 1.165) is 0 Å². The quantitative estimate of drug-likeness (QED) is 0.648. The van der Waals surface area contributed by atoms with Gasteiger partial charge in [-0.3, -0.25) is 9.59 Å². The summed E-state index contributed by atoms with van der Waals surface area (Å²) in [5.41, 5.74) is 12.2. The average molecular weight is 408 g/mol. The number of allylic oxidation sites excluding steroid dienone is 2. The van der Waals surface area contributed by atoms with Crippen LogP contribution in [0.2, 0.25) is 0 Å². The first-order valence-corrected chi connectivity index (χ1v) is 9.01. The van der Waals surface area contributed by atoms with E-state index >= 15 is 0 Å². The zero-order valence-electron chi connectivity index (χ0n) is 15.6. The van der Waals surface area contributed by atoms with Gasteiger partial charge in [-0.05, 0) is 17.7 Å². The van der Waals surface area contributed by atoms with E-state index in [1.54, 1.807) is 24.3 Å². The van der Waals surface area contributed by atoms with E-state index in [2.05, 4.69) is 20.5 Å². The van der Waals surface area contributed by atoms with Crippen LogP contribution in [0, 0.1) is 11.7 Å². The summed E-state index contributed by atoms with van der Waals surface area (Å²) in [7, 11) is 0. The van der Waals surface area contributed by atoms with Gasteiger partial charge in [0.05, 0.1) is 17.8 Å². The molecule has 152 valence electrons. The number of nitrogens with one attached hydrogen (secondary N) is 1. The molecule has 2 amide bonds. The number of fused-ring (bicyclic) bond motifs is 1. The van der Waals surface area contributed by atoms with Gasteiger partial charge in [-0.15, -0.1) is 10.2 Å². The third-order valence-corrected chi connectivity index (χ3v) is 4.74. The number of nitrogens with two attached hydrogens (primary N) is 2. The molecule has 0 saturated heterocycles. The van der Waals surface area contributed by atoms with Gasteiger partial charge in [-0.25, -0.2) is 9.37 Å². The van der Waals surface area contributed by atoms with Crippen LogP contribution in [0.1, 0.15) is 21.9 Å². The van der Waals surface area contributed by atoms with Crippen LogP contribution < -0.4 is 16.8 Å². The average Bonchev–Trinajstić information content (AvgIpc) is 3.16. The number of anilines is 1. The van der Waals surface area contributed by atoms with Crippen LogP contribution in [-0.4, -0.2) is 33.1 Å². The lowest BCUT2D eigenvalue weighted by atomic mass is 9.86. The molecule has 0 radical (unpaired) electrons. The molecule has 10 heteroatoms. The molecule has 2 unspecified atom stereocenters. The minimum atomic E-state index is -0.811. The van der Waals surface area contributed by atoms with Crippen LogP contribution >= 0.6 is 0 Å². The molecular weight excluding hydrogens is 391 g/mol. The van der Waals surface area contributed by atoms with E-state index in [-0.39, 0.29) is 35.6 Å². The predicted molar refractivity (Wildman–Crippen MR) is 105 cm³/mol. The van der Waals surface area contributed by atoms with Gasteiger partial charge in [0.2, 0.25) is 5.91 Å². The van der Waals surface area contributed by atoms with Crippen molar-refractivity contribution in [2.45, 2.75) is 12.6 Å². The van der Waals surface area contributed by atoms with E-state index in [4.69, 9.17) is 16.2 Å². The van der Waals surface area contributed by atoms with Crippen LogP contribution in [0.5, 0.6) is 0 Å². The lowest BCUT2D eigenvalue weighted by Crippen LogP contribution is -2.30. The number of nitrogens with zero attached hydrogens (tertiary/aromatic N) is 3. The Kier molecular flexibility index (Phi) is 4.97.